The van der Waals surface area contributed by atoms with E-state index >= 15 is 0 Å². The Morgan fingerprint density at radius 3 is 2.89 bits per heavy atom. The van der Waals surface area contributed by atoms with Gasteiger partial charge < -0.3 is 10.1 Å². The van der Waals surface area contributed by atoms with Crippen molar-refractivity contribution in [1.29, 1.82) is 0 Å². The van der Waals surface area contributed by atoms with Crippen LogP contribution < -0.4 is 10.1 Å². The van der Waals surface area contributed by atoms with E-state index in [4.69, 9.17) is 11.6 Å². The first-order chi connectivity index (χ1) is 13.5. The van der Waals surface area contributed by atoms with Gasteiger partial charge in [0, 0.05) is 17.8 Å². The summed E-state index contributed by atoms with van der Waals surface area (Å²) in [6.45, 7) is -1.03. The van der Waals surface area contributed by atoms with E-state index in [2.05, 4.69) is 40.3 Å². The Hall–Kier alpha value is -3.34. The Bertz CT molecular complexity index is 1110. The van der Waals surface area contributed by atoms with Crippen LogP contribution in [-0.2, 0) is 0 Å². The first kappa shape index (κ1) is 18.0. The van der Waals surface area contributed by atoms with Crippen LogP contribution in [0, 0.1) is 0 Å². The fourth-order valence-electron chi connectivity index (χ4n) is 2.66. The molecule has 0 saturated carbocycles. The lowest BCUT2D eigenvalue weighted by Crippen LogP contribution is -2.10. The van der Waals surface area contributed by atoms with Crippen molar-refractivity contribution in [3.63, 3.8) is 0 Å². The van der Waals surface area contributed by atoms with Crippen LogP contribution >= 0.6 is 11.6 Å². The molecule has 0 saturated heterocycles. The average molecular weight is 407 g/mol. The number of nitrogens with one attached hydrogen (secondary N) is 2. The van der Waals surface area contributed by atoms with Gasteiger partial charge in [0.1, 0.15) is 10.7 Å². The van der Waals surface area contributed by atoms with E-state index in [1.54, 1.807) is 23.1 Å². The lowest BCUT2D eigenvalue weighted by molar-refractivity contribution is -0.0528. The fraction of sp³-hybridized carbons (Fsp3) is 0.188. The van der Waals surface area contributed by atoms with Gasteiger partial charge in [0.15, 0.2) is 17.3 Å². The number of pyridine rings is 1. The third kappa shape index (κ3) is 3.56. The van der Waals surface area contributed by atoms with Crippen molar-refractivity contribution < 1.29 is 13.5 Å². The molecule has 0 spiro atoms. The van der Waals surface area contributed by atoms with Gasteiger partial charge in [-0.05, 0) is 13.0 Å². The monoisotopic (exact) mass is 406 g/mol. The minimum Gasteiger partial charge on any atom is -0.417 e. The van der Waals surface area contributed by atoms with Gasteiger partial charge in [-0.15, -0.1) is 0 Å². The summed E-state index contributed by atoms with van der Waals surface area (Å²) < 4.78 is 30.4. The normalized spacial score (nSPS) is 12.5. The number of alkyl halides is 2. The summed E-state index contributed by atoms with van der Waals surface area (Å²) in [5, 5.41) is 13.8. The topological polar surface area (TPSA) is 106 Å². The third-order valence-corrected chi connectivity index (χ3v) is 4.25. The van der Waals surface area contributed by atoms with Crippen LogP contribution in [0.3, 0.4) is 0 Å². The number of rotatable bonds is 6. The Kier molecular flexibility index (Phi) is 4.74. The van der Waals surface area contributed by atoms with E-state index in [-0.39, 0.29) is 17.7 Å². The second-order valence-electron chi connectivity index (χ2n) is 5.73. The Morgan fingerprint density at radius 2 is 2.11 bits per heavy atom. The van der Waals surface area contributed by atoms with Gasteiger partial charge in [-0.1, -0.05) is 17.7 Å². The number of nitrogens with zero attached hydrogens (tertiary/aromatic N) is 6. The SMILES string of the molecule is C[C@@H](c1cccnc1Cl)n1ncc2ncc(Nc3cc(OC(F)F)[nH]n3)nc21. The van der Waals surface area contributed by atoms with Crippen LogP contribution in [0.25, 0.3) is 11.2 Å². The minimum absolute atomic E-state index is 0.170. The Morgan fingerprint density at radius 1 is 1.25 bits per heavy atom. The summed E-state index contributed by atoms with van der Waals surface area (Å²) in [6.07, 6.45) is 4.69. The highest BCUT2D eigenvalue weighted by atomic mass is 35.5. The van der Waals surface area contributed by atoms with Crippen LogP contribution in [-0.4, -0.2) is 41.5 Å². The van der Waals surface area contributed by atoms with E-state index in [1.165, 1.54) is 12.3 Å². The van der Waals surface area contributed by atoms with Crippen molar-refractivity contribution in [2.24, 2.45) is 0 Å². The van der Waals surface area contributed by atoms with E-state index < -0.39 is 6.61 Å². The van der Waals surface area contributed by atoms with Crippen molar-refractivity contribution in [3.05, 3.63) is 47.5 Å². The minimum atomic E-state index is -2.94. The molecule has 0 aliphatic carbocycles. The molecule has 0 fully saturated rings. The van der Waals surface area contributed by atoms with Gasteiger partial charge >= 0.3 is 6.61 Å². The number of hydrogen-bond donors (Lipinski definition) is 2. The van der Waals surface area contributed by atoms with Crippen LogP contribution in [0.4, 0.5) is 20.4 Å². The fourth-order valence-corrected chi connectivity index (χ4v) is 2.94. The number of halogens is 3. The molecule has 4 rings (SSSR count). The molecule has 1 atom stereocenters. The smallest absolute Gasteiger partial charge is 0.388 e. The number of anilines is 2. The van der Waals surface area contributed by atoms with Gasteiger partial charge in [0.05, 0.1) is 18.4 Å². The quantitative estimate of drug-likeness (QED) is 0.471. The number of aromatic nitrogens is 7. The number of H-pyrrole nitrogens is 1. The van der Waals surface area contributed by atoms with Gasteiger partial charge in [-0.3, -0.25) is 0 Å². The van der Waals surface area contributed by atoms with E-state index in [0.717, 1.165) is 5.56 Å². The molecule has 2 N–H and O–H groups in total. The van der Waals surface area contributed by atoms with Crippen molar-refractivity contribution in [2.75, 3.05) is 5.32 Å². The molecule has 0 aromatic carbocycles. The highest BCUT2D eigenvalue weighted by molar-refractivity contribution is 6.30. The van der Waals surface area contributed by atoms with Gasteiger partial charge in [-0.25, -0.2) is 24.7 Å². The molecule has 9 nitrogen and oxygen atoms in total. The average Bonchev–Trinajstić information content (AvgIpc) is 3.27. The van der Waals surface area contributed by atoms with Gasteiger partial charge in [0.2, 0.25) is 5.88 Å². The summed E-state index contributed by atoms with van der Waals surface area (Å²) in [6, 6.07) is 4.70. The standard InChI is InChI=1S/C16H13ClF2N8O/c1-8(9-3-2-4-20-14(9)17)27-15-10(6-22-27)21-7-12(24-15)23-11-5-13(26-25-11)28-16(18)19/h2-8,16H,1H3,(H2,23,24,25,26)/t8-/m0/s1. The number of ether oxygens (including phenoxy) is 1. The molecular weight excluding hydrogens is 394 g/mol. The van der Waals surface area contributed by atoms with Gasteiger partial charge in [0.25, 0.3) is 0 Å². The van der Waals surface area contributed by atoms with E-state index in [9.17, 15) is 8.78 Å². The van der Waals surface area contributed by atoms with Crippen LogP contribution in [0.15, 0.2) is 36.8 Å². The summed E-state index contributed by atoms with van der Waals surface area (Å²) in [7, 11) is 0. The lowest BCUT2D eigenvalue weighted by atomic mass is 10.1. The molecule has 4 aromatic rings. The first-order valence-electron chi connectivity index (χ1n) is 8.09. The summed E-state index contributed by atoms with van der Waals surface area (Å²) in [4.78, 5) is 12.9. The van der Waals surface area contributed by atoms with Crippen LogP contribution in [0.5, 0.6) is 5.88 Å². The summed E-state index contributed by atoms with van der Waals surface area (Å²) in [5.74, 6) is 0.434. The maximum atomic E-state index is 12.2. The number of fused-ring (bicyclic) bond motifs is 1. The van der Waals surface area contributed by atoms with Gasteiger partial charge in [-0.2, -0.15) is 19.0 Å². The van der Waals surface area contributed by atoms with Crippen LogP contribution in [0.2, 0.25) is 5.15 Å². The summed E-state index contributed by atoms with van der Waals surface area (Å²) in [5.41, 5.74) is 1.88. The molecule has 4 heterocycles. The predicted molar refractivity (Wildman–Crippen MR) is 96.9 cm³/mol. The third-order valence-electron chi connectivity index (χ3n) is 3.93. The molecule has 0 radical (unpaired) electrons. The maximum Gasteiger partial charge on any atom is 0.388 e. The molecular formula is C16H13ClF2N8O. The molecule has 4 aromatic heterocycles. The van der Waals surface area contributed by atoms with Crippen molar-refractivity contribution in [3.8, 4) is 5.88 Å². The van der Waals surface area contributed by atoms with Crippen molar-refractivity contribution in [1.82, 2.24) is 34.9 Å². The molecule has 0 unspecified atom stereocenters. The Labute approximate surface area is 161 Å². The summed E-state index contributed by atoms with van der Waals surface area (Å²) >= 11 is 6.19. The maximum absolute atomic E-state index is 12.2. The van der Waals surface area contributed by atoms with E-state index in [1.807, 2.05) is 13.0 Å². The molecule has 0 aliphatic rings. The van der Waals surface area contributed by atoms with Crippen LogP contribution in [0.1, 0.15) is 18.5 Å². The number of aromatic amines is 1. The Balaban J connectivity index is 1.63. The molecule has 0 amide bonds. The molecule has 0 bridgehead atoms. The largest absolute Gasteiger partial charge is 0.417 e. The zero-order valence-electron chi connectivity index (χ0n) is 14.3. The number of hydrogen-bond acceptors (Lipinski definition) is 7. The van der Waals surface area contributed by atoms with Crippen molar-refractivity contribution >= 4 is 34.4 Å². The van der Waals surface area contributed by atoms with E-state index in [0.29, 0.717) is 22.1 Å². The molecule has 144 valence electrons. The highest BCUT2D eigenvalue weighted by Gasteiger charge is 2.17. The lowest BCUT2D eigenvalue weighted by Gasteiger charge is -2.14. The first-order valence-corrected chi connectivity index (χ1v) is 8.47. The molecule has 12 heteroatoms. The highest BCUT2D eigenvalue weighted by Crippen LogP contribution is 2.26. The zero-order chi connectivity index (χ0) is 19.7. The molecule has 28 heavy (non-hydrogen) atoms. The second kappa shape index (κ2) is 7.35. The predicted octanol–water partition coefficient (Wildman–Crippen LogP) is 3.55. The zero-order valence-corrected chi connectivity index (χ0v) is 15.1. The molecule has 0 aliphatic heterocycles. The van der Waals surface area contributed by atoms with Crippen molar-refractivity contribution in [2.45, 2.75) is 19.6 Å². The second-order valence-corrected chi connectivity index (χ2v) is 6.09.